The third-order valence-electron chi connectivity index (χ3n) is 0.578. The molecule has 0 spiro atoms. The average molecular weight is 129 g/mol. The molecule has 0 fully saturated rings. The van der Waals surface area contributed by atoms with E-state index in [-0.39, 0.29) is 0 Å². The number of aliphatic imine (C=N–C) groups is 1. The van der Waals surface area contributed by atoms with Gasteiger partial charge in [-0.05, 0) is 24.7 Å². The SMILES string of the molecule is OC=CCCN=C=S. The summed E-state index contributed by atoms with van der Waals surface area (Å²) in [6.07, 6.45) is 3.33. The van der Waals surface area contributed by atoms with E-state index in [1.165, 1.54) is 0 Å². The second-order valence-corrected chi connectivity index (χ2v) is 1.33. The Balaban J connectivity index is 3.05. The van der Waals surface area contributed by atoms with Gasteiger partial charge in [-0.15, -0.1) is 0 Å². The summed E-state index contributed by atoms with van der Waals surface area (Å²) in [4.78, 5) is 3.61. The molecule has 3 heteroatoms. The van der Waals surface area contributed by atoms with Gasteiger partial charge >= 0.3 is 0 Å². The van der Waals surface area contributed by atoms with Crippen LogP contribution in [0.25, 0.3) is 0 Å². The first-order valence-electron chi connectivity index (χ1n) is 2.24. The number of hydrogen-bond acceptors (Lipinski definition) is 3. The van der Waals surface area contributed by atoms with Gasteiger partial charge in [0.25, 0.3) is 0 Å². The van der Waals surface area contributed by atoms with E-state index in [0.29, 0.717) is 6.54 Å². The topological polar surface area (TPSA) is 32.6 Å². The number of nitrogens with zero attached hydrogens (tertiary/aromatic N) is 1. The normalized spacial score (nSPS) is 9.00. The molecule has 0 aliphatic rings. The summed E-state index contributed by atoms with van der Waals surface area (Å²) in [5.74, 6) is 0. The molecule has 0 aliphatic heterocycles. The third-order valence-corrected chi connectivity index (χ3v) is 0.707. The van der Waals surface area contributed by atoms with Gasteiger partial charge in [-0.1, -0.05) is 0 Å². The second-order valence-electron chi connectivity index (χ2n) is 1.15. The summed E-state index contributed by atoms with van der Waals surface area (Å²) in [6.45, 7) is 0.612. The number of thiocarbonyl (C=S) groups is 1. The van der Waals surface area contributed by atoms with Crippen molar-refractivity contribution in [2.24, 2.45) is 4.99 Å². The molecular formula is C5H7NOS. The second kappa shape index (κ2) is 6.34. The maximum Gasteiger partial charge on any atom is 0.0752 e. The quantitative estimate of drug-likeness (QED) is 0.271. The molecule has 0 bridgehead atoms. The summed E-state index contributed by atoms with van der Waals surface area (Å²) in [7, 11) is 0. The van der Waals surface area contributed by atoms with Crippen LogP contribution in [0.2, 0.25) is 0 Å². The van der Waals surface area contributed by atoms with Crippen LogP contribution in [-0.4, -0.2) is 16.8 Å². The Kier molecular flexibility index (Phi) is 5.82. The Morgan fingerprint density at radius 1 is 1.75 bits per heavy atom. The molecular weight excluding hydrogens is 122 g/mol. The van der Waals surface area contributed by atoms with Crippen molar-refractivity contribution in [3.05, 3.63) is 12.3 Å². The van der Waals surface area contributed by atoms with E-state index in [4.69, 9.17) is 5.11 Å². The molecule has 0 atom stereocenters. The standard InChI is InChI=1S/C5H7NOS/c7-4-2-1-3-6-5-8/h2,4,7H,1,3H2. The Morgan fingerprint density at radius 2 is 2.50 bits per heavy atom. The first kappa shape index (κ1) is 7.34. The molecule has 0 radical (unpaired) electrons. The highest BCUT2D eigenvalue weighted by Gasteiger charge is 1.71. The lowest BCUT2D eigenvalue weighted by molar-refractivity contribution is 0.471. The summed E-state index contributed by atoms with van der Waals surface area (Å²) >= 11 is 4.30. The van der Waals surface area contributed by atoms with Crippen LogP contribution in [0.1, 0.15) is 6.42 Å². The highest BCUT2D eigenvalue weighted by Crippen LogP contribution is 1.79. The van der Waals surface area contributed by atoms with Crippen LogP contribution >= 0.6 is 12.2 Å². The van der Waals surface area contributed by atoms with Crippen LogP contribution in [0.3, 0.4) is 0 Å². The van der Waals surface area contributed by atoms with Gasteiger partial charge < -0.3 is 5.11 Å². The molecule has 0 aromatic rings. The fourth-order valence-electron chi connectivity index (χ4n) is 0.259. The van der Waals surface area contributed by atoms with E-state index in [1.807, 2.05) is 0 Å². The smallest absolute Gasteiger partial charge is 0.0752 e. The van der Waals surface area contributed by atoms with E-state index in [2.05, 4.69) is 22.4 Å². The number of isothiocyanates is 1. The maximum absolute atomic E-state index is 8.10. The molecule has 44 valence electrons. The minimum Gasteiger partial charge on any atom is -0.516 e. The molecule has 0 rings (SSSR count). The van der Waals surface area contributed by atoms with Crippen molar-refractivity contribution in [3.63, 3.8) is 0 Å². The van der Waals surface area contributed by atoms with Crippen molar-refractivity contribution in [2.75, 3.05) is 6.54 Å². The first-order valence-corrected chi connectivity index (χ1v) is 2.65. The van der Waals surface area contributed by atoms with E-state index >= 15 is 0 Å². The highest BCUT2D eigenvalue weighted by atomic mass is 32.1. The lowest BCUT2D eigenvalue weighted by Gasteiger charge is -1.78. The van der Waals surface area contributed by atoms with Crippen molar-refractivity contribution in [1.82, 2.24) is 0 Å². The van der Waals surface area contributed by atoms with Gasteiger partial charge in [-0.2, -0.15) is 0 Å². The highest BCUT2D eigenvalue weighted by molar-refractivity contribution is 7.78. The van der Waals surface area contributed by atoms with Gasteiger partial charge in [0.05, 0.1) is 18.0 Å². The van der Waals surface area contributed by atoms with E-state index in [9.17, 15) is 0 Å². The van der Waals surface area contributed by atoms with Crippen molar-refractivity contribution in [1.29, 1.82) is 0 Å². The lowest BCUT2D eigenvalue weighted by atomic mass is 10.4. The predicted molar refractivity (Wildman–Crippen MR) is 36.3 cm³/mol. The van der Waals surface area contributed by atoms with Gasteiger partial charge in [0.15, 0.2) is 0 Å². The van der Waals surface area contributed by atoms with E-state index < -0.39 is 0 Å². The molecule has 1 N–H and O–H groups in total. The third kappa shape index (κ3) is 5.34. The Bertz CT molecular complexity index is 116. The molecule has 0 aromatic carbocycles. The first-order chi connectivity index (χ1) is 3.91. The van der Waals surface area contributed by atoms with Gasteiger partial charge in [0.1, 0.15) is 0 Å². The maximum atomic E-state index is 8.10. The summed E-state index contributed by atoms with van der Waals surface area (Å²) < 4.78 is 0. The van der Waals surface area contributed by atoms with E-state index in [1.54, 1.807) is 6.08 Å². The molecule has 0 amide bonds. The molecule has 2 nitrogen and oxygen atoms in total. The van der Waals surface area contributed by atoms with Gasteiger partial charge in [-0.25, -0.2) is 4.99 Å². The Labute approximate surface area is 53.6 Å². The largest absolute Gasteiger partial charge is 0.516 e. The van der Waals surface area contributed by atoms with Crippen molar-refractivity contribution in [3.8, 4) is 0 Å². The Hall–Kier alpha value is -0.660. The van der Waals surface area contributed by atoms with Crippen molar-refractivity contribution < 1.29 is 5.11 Å². The Morgan fingerprint density at radius 3 is 3.00 bits per heavy atom. The predicted octanol–water partition coefficient (Wildman–Crippen LogP) is 1.55. The lowest BCUT2D eigenvalue weighted by Crippen LogP contribution is -1.72. The zero-order valence-electron chi connectivity index (χ0n) is 4.37. The van der Waals surface area contributed by atoms with Crippen LogP contribution in [0.5, 0.6) is 0 Å². The van der Waals surface area contributed by atoms with E-state index in [0.717, 1.165) is 12.7 Å². The van der Waals surface area contributed by atoms with Gasteiger partial charge in [0.2, 0.25) is 0 Å². The zero-order chi connectivity index (χ0) is 6.24. The fraction of sp³-hybridized carbons (Fsp3) is 0.400. The summed E-state index contributed by atoms with van der Waals surface area (Å²) in [5, 5.41) is 10.3. The number of hydrogen-bond donors (Lipinski definition) is 1. The molecule has 0 heterocycles. The molecule has 8 heavy (non-hydrogen) atoms. The molecule has 0 aromatic heterocycles. The van der Waals surface area contributed by atoms with Crippen LogP contribution < -0.4 is 0 Å². The molecule has 0 unspecified atom stereocenters. The van der Waals surface area contributed by atoms with Gasteiger partial charge in [0, 0.05) is 0 Å². The monoisotopic (exact) mass is 129 g/mol. The number of rotatable bonds is 3. The summed E-state index contributed by atoms with van der Waals surface area (Å²) in [6, 6.07) is 0. The van der Waals surface area contributed by atoms with Gasteiger partial charge in [-0.3, -0.25) is 0 Å². The molecule has 0 saturated heterocycles. The summed E-state index contributed by atoms with van der Waals surface area (Å²) in [5.41, 5.74) is 0. The van der Waals surface area contributed by atoms with Crippen molar-refractivity contribution >= 4 is 17.4 Å². The van der Waals surface area contributed by atoms with Crippen LogP contribution in [-0.2, 0) is 0 Å². The zero-order valence-corrected chi connectivity index (χ0v) is 5.19. The fourth-order valence-corrected chi connectivity index (χ4v) is 0.351. The van der Waals surface area contributed by atoms with Crippen LogP contribution in [0.4, 0.5) is 0 Å². The number of aliphatic hydroxyl groups is 1. The van der Waals surface area contributed by atoms with Crippen LogP contribution in [0.15, 0.2) is 17.3 Å². The minimum atomic E-state index is 0.612. The van der Waals surface area contributed by atoms with Crippen molar-refractivity contribution in [2.45, 2.75) is 6.42 Å². The molecule has 0 saturated carbocycles. The average Bonchev–Trinajstić information content (AvgIpc) is 1.81. The molecule has 0 aliphatic carbocycles. The minimum absolute atomic E-state index is 0.612. The number of aliphatic hydroxyl groups excluding tert-OH is 1. The van der Waals surface area contributed by atoms with Crippen LogP contribution in [0, 0.1) is 0 Å².